The molecule has 2 heterocycles. The molecule has 10 nitrogen and oxygen atoms in total. The summed E-state index contributed by atoms with van der Waals surface area (Å²) in [6, 6.07) is 5.61. The first-order valence-corrected chi connectivity index (χ1v) is 8.90. The van der Waals surface area contributed by atoms with Gasteiger partial charge in [-0.25, -0.2) is 0 Å². The summed E-state index contributed by atoms with van der Waals surface area (Å²) >= 11 is 0. The van der Waals surface area contributed by atoms with Crippen LogP contribution >= 0.6 is 0 Å². The van der Waals surface area contributed by atoms with Crippen LogP contribution in [0.1, 0.15) is 11.7 Å². The molecule has 1 fully saturated rings. The Morgan fingerprint density at radius 1 is 0.900 bits per heavy atom. The Morgan fingerprint density at radius 3 is 2.27 bits per heavy atom. The van der Waals surface area contributed by atoms with E-state index in [1.54, 1.807) is 0 Å². The van der Waals surface area contributed by atoms with Gasteiger partial charge in [0.1, 0.15) is 52.6 Å². The fourth-order valence-corrected chi connectivity index (χ4v) is 3.57. The van der Waals surface area contributed by atoms with E-state index in [2.05, 4.69) is 0 Å². The van der Waals surface area contributed by atoms with E-state index >= 15 is 0 Å². The van der Waals surface area contributed by atoms with Gasteiger partial charge in [0.25, 0.3) is 0 Å². The Kier molecular flexibility index (Phi) is 4.79. The van der Waals surface area contributed by atoms with Gasteiger partial charge in [0.2, 0.25) is 5.43 Å². The lowest BCUT2D eigenvalue weighted by Gasteiger charge is -2.18. The van der Waals surface area contributed by atoms with Gasteiger partial charge in [0, 0.05) is 17.7 Å². The van der Waals surface area contributed by atoms with Crippen LogP contribution in [0.4, 0.5) is 0 Å². The van der Waals surface area contributed by atoms with Gasteiger partial charge in [-0.1, -0.05) is 0 Å². The van der Waals surface area contributed by atoms with Crippen LogP contribution in [-0.4, -0.2) is 60.7 Å². The molecule has 1 aromatic heterocycles. The topological polar surface area (TPSA) is 181 Å². The van der Waals surface area contributed by atoms with E-state index in [-0.39, 0.29) is 33.6 Å². The van der Waals surface area contributed by atoms with Crippen molar-refractivity contribution < 1.29 is 44.9 Å². The van der Waals surface area contributed by atoms with Crippen LogP contribution in [0.3, 0.4) is 0 Å². The van der Waals surface area contributed by atoms with Crippen LogP contribution in [0.2, 0.25) is 0 Å². The van der Waals surface area contributed by atoms with E-state index < -0.39 is 53.7 Å². The Labute approximate surface area is 168 Å². The number of phenols is 4. The zero-order valence-electron chi connectivity index (χ0n) is 15.3. The molecule has 0 radical (unpaired) electrons. The molecule has 0 bridgehead atoms. The van der Waals surface area contributed by atoms with Crippen LogP contribution < -0.4 is 5.43 Å². The SMILES string of the molecule is O=c1c([C@@H]2O[C@@H](CO)[C@H](O)[C@H]2O)c(-c2ccc(O)c(O)c2)oc2cc(O)cc(O)c12. The molecule has 0 unspecified atom stereocenters. The molecule has 4 atom stereocenters. The molecule has 4 rings (SSSR count). The maximum Gasteiger partial charge on any atom is 0.203 e. The van der Waals surface area contributed by atoms with Crippen LogP contribution in [-0.2, 0) is 4.74 Å². The quantitative estimate of drug-likeness (QED) is 0.295. The number of aliphatic hydroxyl groups is 3. The Bertz CT molecular complexity index is 1180. The number of benzene rings is 2. The van der Waals surface area contributed by atoms with Gasteiger partial charge in [0.15, 0.2) is 11.5 Å². The van der Waals surface area contributed by atoms with E-state index in [1.165, 1.54) is 6.07 Å². The molecule has 7 N–H and O–H groups in total. The van der Waals surface area contributed by atoms with Crippen molar-refractivity contribution in [3.8, 4) is 34.3 Å². The molecule has 0 aliphatic carbocycles. The second-order valence-electron chi connectivity index (χ2n) is 6.97. The predicted octanol–water partition coefficient (Wildman–Crippen LogP) is 0.436. The summed E-state index contributed by atoms with van der Waals surface area (Å²) in [5.41, 5.74) is -1.17. The van der Waals surface area contributed by atoms with Crippen molar-refractivity contribution in [2.24, 2.45) is 0 Å². The third-order valence-corrected chi connectivity index (χ3v) is 5.06. The van der Waals surface area contributed by atoms with Crippen LogP contribution in [0, 0.1) is 0 Å². The van der Waals surface area contributed by atoms with E-state index in [0.717, 1.165) is 24.3 Å². The largest absolute Gasteiger partial charge is 0.508 e. The highest BCUT2D eigenvalue weighted by atomic mass is 16.6. The lowest BCUT2D eigenvalue weighted by molar-refractivity contribution is -0.0231. The first-order valence-electron chi connectivity index (χ1n) is 8.90. The molecule has 0 saturated carbocycles. The molecule has 2 aromatic carbocycles. The average Bonchev–Trinajstić information content (AvgIpc) is 2.97. The summed E-state index contributed by atoms with van der Waals surface area (Å²) in [7, 11) is 0. The van der Waals surface area contributed by atoms with Crippen molar-refractivity contribution in [1.82, 2.24) is 0 Å². The van der Waals surface area contributed by atoms with Crippen molar-refractivity contribution >= 4 is 11.0 Å². The fourth-order valence-electron chi connectivity index (χ4n) is 3.57. The molecule has 158 valence electrons. The highest BCUT2D eigenvalue weighted by molar-refractivity contribution is 5.87. The average molecular weight is 418 g/mol. The summed E-state index contributed by atoms with van der Waals surface area (Å²) in [5, 5.41) is 69.0. The summed E-state index contributed by atoms with van der Waals surface area (Å²) in [5.74, 6) is -2.08. The number of hydrogen-bond donors (Lipinski definition) is 7. The summed E-state index contributed by atoms with van der Waals surface area (Å²) in [4.78, 5) is 13.3. The Hall–Kier alpha value is -3.31. The monoisotopic (exact) mass is 418 g/mol. The molecule has 3 aromatic rings. The molecule has 30 heavy (non-hydrogen) atoms. The Balaban J connectivity index is 2.05. The van der Waals surface area contributed by atoms with E-state index in [4.69, 9.17) is 9.15 Å². The zero-order valence-corrected chi connectivity index (χ0v) is 15.3. The minimum absolute atomic E-state index is 0.111. The number of hydrogen-bond acceptors (Lipinski definition) is 10. The maximum atomic E-state index is 13.3. The van der Waals surface area contributed by atoms with Gasteiger partial charge in [0.05, 0.1) is 12.2 Å². The molecule has 10 heteroatoms. The molecule has 1 saturated heterocycles. The van der Waals surface area contributed by atoms with E-state index in [1.807, 2.05) is 0 Å². The third kappa shape index (κ3) is 3.02. The van der Waals surface area contributed by atoms with Gasteiger partial charge in [-0.05, 0) is 18.2 Å². The minimum atomic E-state index is -1.61. The van der Waals surface area contributed by atoms with Gasteiger partial charge >= 0.3 is 0 Å². The first-order chi connectivity index (χ1) is 14.2. The van der Waals surface area contributed by atoms with Crippen molar-refractivity contribution in [2.45, 2.75) is 24.4 Å². The molecule has 1 aliphatic rings. The number of aromatic hydroxyl groups is 4. The van der Waals surface area contributed by atoms with Gasteiger partial charge < -0.3 is 44.9 Å². The van der Waals surface area contributed by atoms with Crippen molar-refractivity contribution in [3.63, 3.8) is 0 Å². The van der Waals surface area contributed by atoms with E-state index in [9.17, 15) is 40.5 Å². The highest BCUT2D eigenvalue weighted by Crippen LogP contribution is 2.41. The minimum Gasteiger partial charge on any atom is -0.508 e. The number of phenolic OH excluding ortho intramolecular Hbond substituents is 4. The normalized spacial score (nSPS) is 23.8. The van der Waals surface area contributed by atoms with Gasteiger partial charge in [-0.15, -0.1) is 0 Å². The molecular weight excluding hydrogens is 400 g/mol. The fraction of sp³-hybridized carbons (Fsp3) is 0.250. The standard InChI is InChI=1S/C20H18O10/c21-6-13-16(26)18(28)20(30-13)15-17(27)14-11(25)4-8(22)5-12(14)29-19(15)7-1-2-9(23)10(24)3-7/h1-5,13,16,18,20-26,28H,6H2/t13-,16-,18+,20-/m0/s1. The predicted molar refractivity (Wildman–Crippen MR) is 101 cm³/mol. The smallest absolute Gasteiger partial charge is 0.203 e. The summed E-state index contributed by atoms with van der Waals surface area (Å²) in [6.45, 7) is -0.623. The lowest BCUT2D eigenvalue weighted by Crippen LogP contribution is -2.33. The van der Waals surface area contributed by atoms with Crippen LogP contribution in [0.5, 0.6) is 23.0 Å². The third-order valence-electron chi connectivity index (χ3n) is 5.06. The number of rotatable bonds is 3. The second kappa shape index (κ2) is 7.18. The van der Waals surface area contributed by atoms with Gasteiger partial charge in [-0.3, -0.25) is 4.79 Å². The van der Waals surface area contributed by atoms with Gasteiger partial charge in [-0.2, -0.15) is 0 Å². The van der Waals surface area contributed by atoms with Crippen molar-refractivity contribution in [2.75, 3.05) is 6.61 Å². The second-order valence-corrected chi connectivity index (χ2v) is 6.97. The number of ether oxygens (including phenoxy) is 1. The Morgan fingerprint density at radius 2 is 1.63 bits per heavy atom. The van der Waals surface area contributed by atoms with Crippen molar-refractivity contribution in [1.29, 1.82) is 0 Å². The number of aliphatic hydroxyl groups excluding tert-OH is 3. The lowest BCUT2D eigenvalue weighted by atomic mass is 9.95. The molecular formula is C20H18O10. The summed E-state index contributed by atoms with van der Waals surface area (Å²) < 4.78 is 11.2. The maximum absolute atomic E-state index is 13.3. The summed E-state index contributed by atoms with van der Waals surface area (Å²) in [6.07, 6.45) is -5.71. The van der Waals surface area contributed by atoms with Crippen LogP contribution in [0.15, 0.2) is 39.5 Å². The molecule has 0 spiro atoms. The van der Waals surface area contributed by atoms with Crippen LogP contribution in [0.25, 0.3) is 22.3 Å². The number of fused-ring (bicyclic) bond motifs is 1. The highest BCUT2D eigenvalue weighted by Gasteiger charge is 2.46. The molecule has 0 amide bonds. The first kappa shape index (κ1) is 20.0. The molecule has 1 aliphatic heterocycles. The van der Waals surface area contributed by atoms with E-state index in [0.29, 0.717) is 0 Å². The van der Waals surface area contributed by atoms with Crippen molar-refractivity contribution in [3.05, 3.63) is 46.1 Å². The zero-order chi connectivity index (χ0) is 21.7.